The van der Waals surface area contributed by atoms with Gasteiger partial charge in [0.1, 0.15) is 5.54 Å². The van der Waals surface area contributed by atoms with Gasteiger partial charge in [-0.1, -0.05) is 25.7 Å². The van der Waals surface area contributed by atoms with Crippen LogP contribution in [-0.4, -0.2) is 65.3 Å². The molecule has 3 fully saturated rings. The summed E-state index contributed by atoms with van der Waals surface area (Å²) in [5, 5.41) is 5.64. The average molecular weight is 378 g/mol. The van der Waals surface area contributed by atoms with Crippen LogP contribution in [0, 0.1) is 0 Å². The van der Waals surface area contributed by atoms with Crippen molar-refractivity contribution in [1.29, 1.82) is 0 Å². The normalized spacial score (nSPS) is 22.7. The molecule has 0 aromatic carbocycles. The van der Waals surface area contributed by atoms with Gasteiger partial charge in [0.2, 0.25) is 11.8 Å². The maximum Gasteiger partial charge on any atom is 0.325 e. The van der Waals surface area contributed by atoms with E-state index in [-0.39, 0.29) is 36.7 Å². The van der Waals surface area contributed by atoms with Gasteiger partial charge in [-0.2, -0.15) is 0 Å². The molecule has 0 unspecified atom stereocenters. The lowest BCUT2D eigenvalue weighted by molar-refractivity contribution is -0.133. The summed E-state index contributed by atoms with van der Waals surface area (Å²) in [5.41, 5.74) is -0.737. The highest BCUT2D eigenvalue weighted by atomic mass is 16.2. The van der Waals surface area contributed by atoms with E-state index in [1.165, 1.54) is 4.90 Å². The number of urea groups is 1. The summed E-state index contributed by atoms with van der Waals surface area (Å²) in [6, 6.07) is -0.384. The van der Waals surface area contributed by atoms with E-state index in [1.54, 1.807) is 4.90 Å². The van der Waals surface area contributed by atoms with Crippen molar-refractivity contribution >= 4 is 23.8 Å². The first-order valence-corrected chi connectivity index (χ1v) is 10.2. The molecule has 0 aromatic rings. The Labute approximate surface area is 160 Å². The first-order chi connectivity index (χ1) is 13.0. The van der Waals surface area contributed by atoms with Crippen molar-refractivity contribution < 1.29 is 19.2 Å². The summed E-state index contributed by atoms with van der Waals surface area (Å²) in [7, 11) is 0. The van der Waals surface area contributed by atoms with Crippen molar-refractivity contribution in [1.82, 2.24) is 20.4 Å². The predicted octanol–water partition coefficient (Wildman–Crippen LogP) is 1.15. The Balaban J connectivity index is 1.40. The summed E-state index contributed by atoms with van der Waals surface area (Å²) >= 11 is 0. The van der Waals surface area contributed by atoms with Gasteiger partial charge in [-0.3, -0.25) is 19.3 Å². The van der Waals surface area contributed by atoms with Crippen molar-refractivity contribution in [2.24, 2.45) is 0 Å². The second kappa shape index (κ2) is 8.71. The zero-order valence-corrected chi connectivity index (χ0v) is 15.9. The Kier molecular flexibility index (Phi) is 6.34. The van der Waals surface area contributed by atoms with Gasteiger partial charge in [-0.25, -0.2) is 4.79 Å². The van der Waals surface area contributed by atoms with Gasteiger partial charge < -0.3 is 15.5 Å². The van der Waals surface area contributed by atoms with Gasteiger partial charge in [0.05, 0.1) is 0 Å². The van der Waals surface area contributed by atoms with Crippen LogP contribution in [0.1, 0.15) is 64.2 Å². The molecule has 0 bridgehead atoms. The minimum Gasteiger partial charge on any atom is -0.354 e. The third-order valence-corrected chi connectivity index (χ3v) is 5.89. The standard InChI is InChI=1S/C19H30N4O4/c24-15(20-11-14-22-12-6-1-3-7-16(22)25)8-13-23-17(26)19(21-18(23)27)9-4-2-5-10-19/h1-14H2,(H,20,24)(H,21,27). The zero-order chi connectivity index (χ0) is 19.3. The second-order valence-corrected chi connectivity index (χ2v) is 7.82. The van der Waals surface area contributed by atoms with E-state index in [9.17, 15) is 19.2 Å². The molecule has 8 nitrogen and oxygen atoms in total. The summed E-state index contributed by atoms with van der Waals surface area (Å²) in [5.74, 6) is -0.239. The van der Waals surface area contributed by atoms with E-state index in [0.717, 1.165) is 45.1 Å². The van der Waals surface area contributed by atoms with Crippen LogP contribution >= 0.6 is 0 Å². The summed E-state index contributed by atoms with van der Waals surface area (Å²) < 4.78 is 0. The first kappa shape index (κ1) is 19.6. The van der Waals surface area contributed by atoms with Crippen LogP contribution in [0.5, 0.6) is 0 Å². The average Bonchev–Trinajstić information content (AvgIpc) is 2.79. The van der Waals surface area contributed by atoms with Gasteiger partial charge in [-0.05, 0) is 25.7 Å². The van der Waals surface area contributed by atoms with Crippen molar-refractivity contribution in [3.63, 3.8) is 0 Å². The number of likely N-dealkylation sites (tertiary alicyclic amines) is 1. The number of imide groups is 1. The molecule has 2 heterocycles. The lowest BCUT2D eigenvalue weighted by Gasteiger charge is -2.30. The molecule has 1 saturated carbocycles. The maximum atomic E-state index is 12.7. The molecule has 5 amide bonds. The highest BCUT2D eigenvalue weighted by molar-refractivity contribution is 6.07. The van der Waals surface area contributed by atoms with Gasteiger partial charge in [0, 0.05) is 39.0 Å². The van der Waals surface area contributed by atoms with Gasteiger partial charge >= 0.3 is 6.03 Å². The minimum absolute atomic E-state index is 0.0865. The molecule has 2 saturated heterocycles. The van der Waals surface area contributed by atoms with E-state index in [0.29, 0.717) is 32.4 Å². The molecular formula is C19H30N4O4. The monoisotopic (exact) mass is 378 g/mol. The predicted molar refractivity (Wildman–Crippen MR) is 98.7 cm³/mol. The number of carbonyl (C=O) groups excluding carboxylic acids is 4. The Morgan fingerprint density at radius 3 is 2.52 bits per heavy atom. The lowest BCUT2D eigenvalue weighted by atomic mass is 9.82. The largest absolute Gasteiger partial charge is 0.354 e. The third kappa shape index (κ3) is 4.59. The molecule has 0 radical (unpaired) electrons. The molecular weight excluding hydrogens is 348 g/mol. The molecule has 0 aromatic heterocycles. The van der Waals surface area contributed by atoms with Crippen LogP contribution in [0.2, 0.25) is 0 Å². The number of nitrogens with zero attached hydrogens (tertiary/aromatic N) is 2. The summed E-state index contributed by atoms with van der Waals surface area (Å²) in [6.45, 7) is 1.76. The van der Waals surface area contributed by atoms with E-state index in [4.69, 9.17) is 0 Å². The highest BCUT2D eigenvalue weighted by Gasteiger charge is 2.51. The van der Waals surface area contributed by atoms with Crippen LogP contribution in [0.15, 0.2) is 0 Å². The topological polar surface area (TPSA) is 98.8 Å². The van der Waals surface area contributed by atoms with E-state index < -0.39 is 5.54 Å². The second-order valence-electron chi connectivity index (χ2n) is 7.82. The van der Waals surface area contributed by atoms with E-state index in [1.807, 2.05) is 0 Å². The fourth-order valence-electron chi connectivity index (χ4n) is 4.28. The molecule has 8 heteroatoms. The molecule has 150 valence electrons. The molecule has 3 aliphatic rings. The maximum absolute atomic E-state index is 12.7. The lowest BCUT2D eigenvalue weighted by Crippen LogP contribution is -2.48. The van der Waals surface area contributed by atoms with Crippen molar-refractivity contribution in [2.75, 3.05) is 26.2 Å². The molecule has 2 N–H and O–H groups in total. The Bertz CT molecular complexity index is 601. The zero-order valence-electron chi connectivity index (χ0n) is 15.9. The summed E-state index contributed by atoms with van der Waals surface area (Å²) in [6.07, 6.45) is 8.03. The number of rotatable bonds is 6. The Morgan fingerprint density at radius 2 is 1.74 bits per heavy atom. The van der Waals surface area contributed by atoms with E-state index in [2.05, 4.69) is 10.6 Å². The minimum atomic E-state index is -0.737. The number of hydrogen-bond acceptors (Lipinski definition) is 4. The van der Waals surface area contributed by atoms with Gasteiger partial charge in [-0.15, -0.1) is 0 Å². The number of nitrogens with one attached hydrogen (secondary N) is 2. The van der Waals surface area contributed by atoms with Gasteiger partial charge in [0.15, 0.2) is 0 Å². The number of hydrogen-bond donors (Lipinski definition) is 2. The van der Waals surface area contributed by atoms with Crippen LogP contribution in [-0.2, 0) is 14.4 Å². The van der Waals surface area contributed by atoms with Crippen LogP contribution < -0.4 is 10.6 Å². The molecule has 27 heavy (non-hydrogen) atoms. The smallest absolute Gasteiger partial charge is 0.325 e. The van der Waals surface area contributed by atoms with Crippen molar-refractivity contribution in [2.45, 2.75) is 69.7 Å². The highest BCUT2D eigenvalue weighted by Crippen LogP contribution is 2.33. The van der Waals surface area contributed by atoms with Crippen molar-refractivity contribution in [3.05, 3.63) is 0 Å². The van der Waals surface area contributed by atoms with Crippen molar-refractivity contribution in [3.8, 4) is 0 Å². The molecule has 3 rings (SSSR count). The molecule has 1 aliphatic carbocycles. The fourth-order valence-corrected chi connectivity index (χ4v) is 4.28. The fraction of sp³-hybridized carbons (Fsp3) is 0.789. The Hall–Kier alpha value is -2.12. The first-order valence-electron chi connectivity index (χ1n) is 10.2. The SMILES string of the molecule is O=C(CCN1C(=O)NC2(CCCCC2)C1=O)NCCN1CCCCCC1=O. The quantitative estimate of drug-likeness (QED) is 0.677. The number of amides is 5. The molecule has 1 spiro atoms. The molecule has 0 atom stereocenters. The molecule has 2 aliphatic heterocycles. The van der Waals surface area contributed by atoms with Gasteiger partial charge in [0.25, 0.3) is 5.91 Å². The van der Waals surface area contributed by atoms with Crippen LogP contribution in [0.3, 0.4) is 0 Å². The Morgan fingerprint density at radius 1 is 1.00 bits per heavy atom. The third-order valence-electron chi connectivity index (χ3n) is 5.89. The van der Waals surface area contributed by atoms with Crippen LogP contribution in [0.4, 0.5) is 4.79 Å². The number of carbonyl (C=O) groups is 4. The van der Waals surface area contributed by atoms with Crippen LogP contribution in [0.25, 0.3) is 0 Å². The van der Waals surface area contributed by atoms with E-state index >= 15 is 0 Å². The summed E-state index contributed by atoms with van der Waals surface area (Å²) in [4.78, 5) is 51.8.